The number of rotatable bonds is 2. The van der Waals surface area contributed by atoms with Gasteiger partial charge in [-0.05, 0) is 19.8 Å². The Morgan fingerprint density at radius 2 is 2.00 bits per heavy atom. The lowest BCUT2D eigenvalue weighted by Gasteiger charge is -2.29. The molecule has 2 fully saturated rings. The molecule has 3 nitrogen and oxygen atoms in total. The summed E-state index contributed by atoms with van der Waals surface area (Å²) in [6.07, 6.45) is 4.55. The summed E-state index contributed by atoms with van der Waals surface area (Å²) >= 11 is 0. The number of hydrogen-bond donors (Lipinski definition) is 2. The Morgan fingerprint density at radius 1 is 1.31 bits per heavy atom. The van der Waals surface area contributed by atoms with Crippen LogP contribution in [0, 0.1) is 0 Å². The summed E-state index contributed by atoms with van der Waals surface area (Å²) in [5.41, 5.74) is 0.0394. The molecule has 0 radical (unpaired) electrons. The van der Waals surface area contributed by atoms with Gasteiger partial charge in [0.15, 0.2) is 0 Å². The van der Waals surface area contributed by atoms with Gasteiger partial charge in [-0.2, -0.15) is 0 Å². The lowest BCUT2D eigenvalue weighted by Crippen LogP contribution is -2.37. The largest absolute Gasteiger partial charge is 0.389 e. The highest BCUT2D eigenvalue weighted by Gasteiger charge is 2.36. The molecule has 13 heavy (non-hydrogen) atoms. The summed E-state index contributed by atoms with van der Waals surface area (Å²) in [5, 5.41) is 12.7. The van der Waals surface area contributed by atoms with E-state index < -0.39 is 0 Å². The third kappa shape index (κ3) is 2.03. The Hall–Kier alpha value is -0.120. The van der Waals surface area contributed by atoms with Crippen LogP contribution in [0.2, 0.25) is 0 Å². The van der Waals surface area contributed by atoms with Crippen molar-refractivity contribution in [2.75, 3.05) is 13.1 Å². The first-order chi connectivity index (χ1) is 6.20. The fourth-order valence-corrected chi connectivity index (χ4v) is 2.37. The molecule has 0 bridgehead atoms. The predicted molar refractivity (Wildman–Crippen MR) is 50.6 cm³/mol. The van der Waals surface area contributed by atoms with E-state index in [0.717, 1.165) is 19.4 Å². The second-order valence-electron chi connectivity index (χ2n) is 4.54. The van der Waals surface area contributed by atoms with Gasteiger partial charge in [0, 0.05) is 13.1 Å². The normalized spacial score (nSPS) is 38.3. The van der Waals surface area contributed by atoms with Crippen LogP contribution in [0.15, 0.2) is 0 Å². The lowest BCUT2D eigenvalue weighted by atomic mass is 10.0. The van der Waals surface area contributed by atoms with Crippen LogP contribution < -0.4 is 5.32 Å². The standard InChI is InChI=1S/C10H19NO2/c1-10(4-2-3-5-10)13-9-7-11-6-8(9)12/h8-9,11-12H,2-7H2,1H3. The summed E-state index contributed by atoms with van der Waals surface area (Å²) in [5.74, 6) is 0. The van der Waals surface area contributed by atoms with Crippen LogP contribution in [-0.4, -0.2) is 36.0 Å². The van der Waals surface area contributed by atoms with Gasteiger partial charge in [-0.15, -0.1) is 0 Å². The van der Waals surface area contributed by atoms with Crippen molar-refractivity contribution in [1.29, 1.82) is 0 Å². The van der Waals surface area contributed by atoms with E-state index in [9.17, 15) is 5.11 Å². The number of aliphatic hydroxyl groups excluding tert-OH is 1. The van der Waals surface area contributed by atoms with Crippen LogP contribution in [0.25, 0.3) is 0 Å². The minimum absolute atomic E-state index is 0.0168. The van der Waals surface area contributed by atoms with E-state index in [0.29, 0.717) is 6.54 Å². The molecule has 0 spiro atoms. The molecular weight excluding hydrogens is 166 g/mol. The maximum atomic E-state index is 9.58. The van der Waals surface area contributed by atoms with Gasteiger partial charge in [0.2, 0.25) is 0 Å². The molecule has 0 aromatic heterocycles. The van der Waals surface area contributed by atoms with Crippen LogP contribution in [0.5, 0.6) is 0 Å². The molecule has 2 atom stereocenters. The van der Waals surface area contributed by atoms with Gasteiger partial charge in [-0.25, -0.2) is 0 Å². The van der Waals surface area contributed by atoms with E-state index >= 15 is 0 Å². The Labute approximate surface area is 79.5 Å². The van der Waals surface area contributed by atoms with Gasteiger partial charge in [0.25, 0.3) is 0 Å². The molecule has 76 valence electrons. The van der Waals surface area contributed by atoms with Crippen LogP contribution in [-0.2, 0) is 4.74 Å². The van der Waals surface area contributed by atoms with Gasteiger partial charge in [-0.3, -0.25) is 0 Å². The van der Waals surface area contributed by atoms with Crippen molar-refractivity contribution in [3.8, 4) is 0 Å². The summed E-state index contributed by atoms with van der Waals surface area (Å²) < 4.78 is 5.96. The van der Waals surface area contributed by atoms with E-state index in [-0.39, 0.29) is 17.8 Å². The quantitative estimate of drug-likeness (QED) is 0.664. The number of hydrogen-bond acceptors (Lipinski definition) is 3. The average Bonchev–Trinajstić information content (AvgIpc) is 2.64. The smallest absolute Gasteiger partial charge is 0.0977 e. The number of ether oxygens (including phenoxy) is 1. The molecule has 2 N–H and O–H groups in total. The molecule has 1 aliphatic carbocycles. The van der Waals surface area contributed by atoms with E-state index in [1.165, 1.54) is 12.8 Å². The van der Waals surface area contributed by atoms with Crippen LogP contribution in [0.1, 0.15) is 32.6 Å². The summed E-state index contributed by atoms with van der Waals surface area (Å²) in [6, 6.07) is 0. The Morgan fingerprint density at radius 3 is 2.54 bits per heavy atom. The van der Waals surface area contributed by atoms with Gasteiger partial charge in [0.05, 0.1) is 17.8 Å². The molecule has 2 unspecified atom stereocenters. The van der Waals surface area contributed by atoms with E-state index in [1.807, 2.05) is 0 Å². The zero-order valence-electron chi connectivity index (χ0n) is 8.25. The predicted octanol–water partition coefficient (Wildman–Crippen LogP) is 0.668. The van der Waals surface area contributed by atoms with Gasteiger partial charge >= 0.3 is 0 Å². The van der Waals surface area contributed by atoms with E-state index in [1.54, 1.807) is 0 Å². The number of aliphatic hydroxyl groups is 1. The Bertz CT molecular complexity index is 178. The van der Waals surface area contributed by atoms with Crippen molar-refractivity contribution >= 4 is 0 Å². The molecule has 0 aromatic rings. The highest BCUT2D eigenvalue weighted by atomic mass is 16.5. The lowest BCUT2D eigenvalue weighted by molar-refractivity contribution is -0.105. The second-order valence-corrected chi connectivity index (χ2v) is 4.54. The summed E-state index contributed by atoms with van der Waals surface area (Å²) in [7, 11) is 0. The highest BCUT2D eigenvalue weighted by molar-refractivity contribution is 4.88. The minimum atomic E-state index is -0.308. The molecule has 0 amide bonds. The van der Waals surface area contributed by atoms with Crippen molar-refractivity contribution < 1.29 is 9.84 Å². The highest BCUT2D eigenvalue weighted by Crippen LogP contribution is 2.34. The SMILES string of the molecule is CC1(OC2CNCC2O)CCCC1. The first kappa shape index (κ1) is 9.44. The van der Waals surface area contributed by atoms with Crippen LogP contribution in [0.3, 0.4) is 0 Å². The topological polar surface area (TPSA) is 41.5 Å². The van der Waals surface area contributed by atoms with E-state index in [4.69, 9.17) is 4.74 Å². The fourth-order valence-electron chi connectivity index (χ4n) is 2.37. The third-order valence-corrected chi connectivity index (χ3v) is 3.23. The molecule has 1 saturated heterocycles. The van der Waals surface area contributed by atoms with Crippen LogP contribution in [0.4, 0.5) is 0 Å². The van der Waals surface area contributed by atoms with Gasteiger partial charge in [0.1, 0.15) is 0 Å². The van der Waals surface area contributed by atoms with Crippen molar-refractivity contribution in [3.05, 3.63) is 0 Å². The average molecular weight is 185 g/mol. The number of β-amino-alcohol motifs (C(OH)–C–C–N with tert-alkyl or cyclic N) is 1. The zero-order valence-corrected chi connectivity index (χ0v) is 8.25. The zero-order chi connectivity index (χ0) is 9.31. The van der Waals surface area contributed by atoms with Gasteiger partial charge < -0.3 is 15.2 Å². The second kappa shape index (κ2) is 3.56. The van der Waals surface area contributed by atoms with Crippen molar-refractivity contribution in [3.63, 3.8) is 0 Å². The molecule has 1 heterocycles. The Balaban J connectivity index is 1.88. The number of nitrogens with one attached hydrogen (secondary N) is 1. The molecular formula is C10H19NO2. The Kier molecular flexibility index (Phi) is 2.58. The molecule has 2 rings (SSSR count). The van der Waals surface area contributed by atoms with Gasteiger partial charge in [-0.1, -0.05) is 12.8 Å². The summed E-state index contributed by atoms with van der Waals surface area (Å²) in [6.45, 7) is 3.66. The van der Waals surface area contributed by atoms with Crippen molar-refractivity contribution in [2.45, 2.75) is 50.4 Å². The fraction of sp³-hybridized carbons (Fsp3) is 1.00. The molecule has 1 aliphatic heterocycles. The molecule has 2 aliphatic rings. The molecule has 0 aromatic carbocycles. The monoisotopic (exact) mass is 185 g/mol. The van der Waals surface area contributed by atoms with Crippen LogP contribution >= 0.6 is 0 Å². The van der Waals surface area contributed by atoms with Crippen molar-refractivity contribution in [1.82, 2.24) is 5.32 Å². The first-order valence-corrected chi connectivity index (χ1v) is 5.26. The summed E-state index contributed by atoms with van der Waals surface area (Å²) in [4.78, 5) is 0. The molecule has 1 saturated carbocycles. The van der Waals surface area contributed by atoms with E-state index in [2.05, 4.69) is 12.2 Å². The molecule has 3 heteroatoms. The first-order valence-electron chi connectivity index (χ1n) is 5.26. The maximum absolute atomic E-state index is 9.58. The van der Waals surface area contributed by atoms with Crippen molar-refractivity contribution in [2.24, 2.45) is 0 Å². The minimum Gasteiger partial charge on any atom is -0.389 e. The maximum Gasteiger partial charge on any atom is 0.0977 e. The third-order valence-electron chi connectivity index (χ3n) is 3.23.